The number of halogens is 2. The van der Waals surface area contributed by atoms with E-state index in [4.69, 9.17) is 11.6 Å². The van der Waals surface area contributed by atoms with E-state index in [1.807, 2.05) is 6.92 Å². The summed E-state index contributed by atoms with van der Waals surface area (Å²) in [4.78, 5) is 23.4. The van der Waals surface area contributed by atoms with E-state index in [-0.39, 0.29) is 29.0 Å². The normalized spacial score (nSPS) is 51.9. The van der Waals surface area contributed by atoms with Gasteiger partial charge in [-0.25, -0.2) is 4.39 Å². The lowest BCUT2D eigenvalue weighted by molar-refractivity contribution is -0.141. The van der Waals surface area contributed by atoms with Gasteiger partial charge in [-0.1, -0.05) is 19.4 Å². The number of alkyl halides is 2. The van der Waals surface area contributed by atoms with Gasteiger partial charge in [0.15, 0.2) is 17.7 Å². The van der Waals surface area contributed by atoms with Gasteiger partial charge in [-0.05, 0) is 61.9 Å². The van der Waals surface area contributed by atoms with Crippen molar-refractivity contribution in [2.45, 2.75) is 69.5 Å². The van der Waals surface area contributed by atoms with Gasteiger partial charge in [0.2, 0.25) is 0 Å². The number of carbonyl (C=O) groups excluding carboxylic acids is 2. The molecule has 4 rings (SSSR count). The van der Waals surface area contributed by atoms with E-state index in [0.29, 0.717) is 19.3 Å². The molecule has 27 heavy (non-hydrogen) atoms. The van der Waals surface area contributed by atoms with Gasteiger partial charge in [0.1, 0.15) is 12.7 Å². The van der Waals surface area contributed by atoms with Crippen molar-refractivity contribution < 1.29 is 24.2 Å². The summed E-state index contributed by atoms with van der Waals surface area (Å²) in [6, 6.07) is 0. The van der Waals surface area contributed by atoms with Crippen LogP contribution in [0.15, 0.2) is 11.6 Å². The lowest BCUT2D eigenvalue weighted by atomic mass is 9.45. The number of hydrogen-bond donors (Lipinski definition) is 2. The van der Waals surface area contributed by atoms with E-state index < -0.39 is 35.0 Å². The van der Waals surface area contributed by atoms with Gasteiger partial charge in [-0.15, -0.1) is 11.6 Å². The van der Waals surface area contributed by atoms with E-state index >= 15 is 0 Å². The summed E-state index contributed by atoms with van der Waals surface area (Å²) in [5.41, 5.74) is -0.430. The Morgan fingerprint density at radius 3 is 2.63 bits per heavy atom. The summed E-state index contributed by atoms with van der Waals surface area (Å²) >= 11 is 7.28. The third-order valence-corrected chi connectivity index (χ3v) is 9.63. The Kier molecular flexibility index (Phi) is 4.42. The lowest BCUT2D eigenvalue weighted by Crippen LogP contribution is -2.66. The molecule has 6 heteroatoms. The first-order valence-electron chi connectivity index (χ1n) is 10.0. The first-order chi connectivity index (χ1) is 12.6. The number of Topliss-reactive ketones (excluding diaryl/α,β-unsaturated/α-hetero) is 1. The van der Waals surface area contributed by atoms with Crippen molar-refractivity contribution in [1.82, 2.24) is 0 Å². The van der Waals surface area contributed by atoms with Crippen LogP contribution < -0.4 is 0 Å². The Balaban J connectivity index is 1.75. The van der Waals surface area contributed by atoms with Crippen molar-refractivity contribution in [3.8, 4) is 0 Å². The molecule has 0 amide bonds. The van der Waals surface area contributed by atoms with Gasteiger partial charge in [0.05, 0.1) is 4.87 Å². The van der Waals surface area contributed by atoms with E-state index in [2.05, 4.69) is 6.92 Å². The maximum atomic E-state index is 14.5. The zero-order chi connectivity index (χ0) is 19.8. The van der Waals surface area contributed by atoms with Crippen LogP contribution in [0.2, 0.25) is 0 Å². The van der Waals surface area contributed by atoms with Crippen LogP contribution in [-0.2, 0) is 9.59 Å². The molecule has 0 saturated heterocycles. The number of aliphatic hydroxyl groups excluding tert-OH is 2. The summed E-state index contributed by atoms with van der Waals surface area (Å²) in [6.45, 7) is 3.51. The summed E-state index contributed by atoms with van der Waals surface area (Å²) in [5.74, 6) is -0.678. The fourth-order valence-corrected chi connectivity index (χ4v) is 7.74. The largest absolute Gasteiger partial charge is 0.389 e. The van der Waals surface area contributed by atoms with Crippen LogP contribution >= 0.6 is 11.6 Å². The van der Waals surface area contributed by atoms with Crippen LogP contribution in [0.4, 0.5) is 4.39 Å². The minimum Gasteiger partial charge on any atom is -0.389 e. The molecule has 4 aliphatic carbocycles. The monoisotopic (exact) mass is 398 g/mol. The van der Waals surface area contributed by atoms with Crippen molar-refractivity contribution in [2.24, 2.45) is 28.6 Å². The summed E-state index contributed by atoms with van der Waals surface area (Å²) in [5, 5.41) is 20.2. The Morgan fingerprint density at radius 1 is 1.26 bits per heavy atom. The van der Waals surface area contributed by atoms with Crippen molar-refractivity contribution >= 4 is 23.2 Å². The average Bonchev–Trinajstić information content (AvgIpc) is 2.99. The Morgan fingerprint density at radius 2 is 1.96 bits per heavy atom. The molecular weight excluding hydrogens is 371 g/mol. The molecule has 8 atom stereocenters. The van der Waals surface area contributed by atoms with Crippen LogP contribution in [0.3, 0.4) is 0 Å². The average molecular weight is 399 g/mol. The summed E-state index contributed by atoms with van der Waals surface area (Å²) < 4.78 is 14.5. The maximum Gasteiger partial charge on any atom is 0.192 e. The number of ketones is 2. The fraction of sp³-hybridized carbons (Fsp3) is 0.810. The molecule has 0 aromatic rings. The molecule has 3 fully saturated rings. The van der Waals surface area contributed by atoms with Crippen LogP contribution in [0, 0.1) is 28.6 Å². The van der Waals surface area contributed by atoms with Gasteiger partial charge in [-0.2, -0.15) is 0 Å². The molecule has 2 N–H and O–H groups in total. The fourth-order valence-electron chi connectivity index (χ4n) is 7.15. The highest BCUT2D eigenvalue weighted by atomic mass is 35.5. The minimum atomic E-state index is -1.94. The molecule has 4 nitrogen and oxygen atoms in total. The SMILES string of the molecule is C[C@]12CC[C@@]3(Cl)[C@@H](CCC4=CC(=O)C(F)C(O)[C@@]43C)[C@@H]1CC[C@@H]2C(=O)CO. The molecule has 0 aliphatic heterocycles. The smallest absolute Gasteiger partial charge is 0.192 e. The number of hydrogen-bond acceptors (Lipinski definition) is 4. The van der Waals surface area contributed by atoms with Crippen molar-refractivity contribution in [1.29, 1.82) is 0 Å². The molecule has 0 heterocycles. The van der Waals surface area contributed by atoms with Crippen molar-refractivity contribution in [3.05, 3.63) is 11.6 Å². The molecule has 2 unspecified atom stereocenters. The molecule has 3 saturated carbocycles. The summed E-state index contributed by atoms with van der Waals surface area (Å²) in [6.07, 6.45) is 2.27. The second kappa shape index (κ2) is 6.11. The topological polar surface area (TPSA) is 74.6 Å². The highest BCUT2D eigenvalue weighted by Crippen LogP contribution is 2.70. The minimum absolute atomic E-state index is 0.0478. The molecular formula is C21H28ClFO4. The number of carbonyl (C=O) groups is 2. The van der Waals surface area contributed by atoms with Gasteiger partial charge >= 0.3 is 0 Å². The molecule has 0 radical (unpaired) electrons. The molecule has 4 aliphatic rings. The second-order valence-corrected chi connectivity index (χ2v) is 10.2. The van der Waals surface area contributed by atoms with Gasteiger partial charge in [0, 0.05) is 11.3 Å². The Labute approximate surface area is 164 Å². The van der Waals surface area contributed by atoms with Crippen LogP contribution in [0.1, 0.15) is 52.4 Å². The Bertz CT molecular complexity index is 723. The predicted octanol–water partition coefficient (Wildman–Crippen LogP) is 2.98. The molecule has 150 valence electrons. The highest BCUT2D eigenvalue weighted by Gasteiger charge is 2.69. The van der Waals surface area contributed by atoms with E-state index in [0.717, 1.165) is 24.8 Å². The lowest BCUT2D eigenvalue weighted by Gasteiger charge is -2.63. The number of fused-ring (bicyclic) bond motifs is 5. The zero-order valence-electron chi connectivity index (χ0n) is 15.9. The van der Waals surface area contributed by atoms with E-state index in [1.54, 1.807) is 0 Å². The van der Waals surface area contributed by atoms with E-state index in [9.17, 15) is 24.2 Å². The third kappa shape index (κ3) is 2.28. The highest BCUT2D eigenvalue weighted by molar-refractivity contribution is 6.25. The third-order valence-electron chi connectivity index (χ3n) is 8.77. The van der Waals surface area contributed by atoms with Gasteiger partial charge in [-0.3, -0.25) is 9.59 Å². The quantitative estimate of drug-likeness (QED) is 0.701. The number of rotatable bonds is 2. The maximum absolute atomic E-state index is 14.5. The zero-order valence-corrected chi connectivity index (χ0v) is 16.6. The van der Waals surface area contributed by atoms with E-state index in [1.165, 1.54) is 6.08 Å². The first-order valence-corrected chi connectivity index (χ1v) is 10.4. The summed E-state index contributed by atoms with van der Waals surface area (Å²) in [7, 11) is 0. The molecule has 0 aromatic carbocycles. The van der Waals surface area contributed by atoms with Crippen molar-refractivity contribution in [3.63, 3.8) is 0 Å². The van der Waals surface area contributed by atoms with Crippen LogP contribution in [0.5, 0.6) is 0 Å². The predicted molar refractivity (Wildman–Crippen MR) is 99.1 cm³/mol. The molecule has 0 spiro atoms. The number of aliphatic hydroxyl groups is 2. The standard InChI is InChI=1S/C21H28ClFO4/c1-19-7-8-21(22)13(12(19)5-6-14(19)16(26)10-24)4-3-11-9-15(25)17(23)18(27)20(11,21)2/h9,12-14,17-18,24,27H,3-8,10H2,1-2H3/t12-,13-,14+,17?,18?,19-,20+,21+/m0/s1. The first kappa shape index (κ1) is 19.5. The van der Waals surface area contributed by atoms with Crippen molar-refractivity contribution in [2.75, 3.05) is 6.61 Å². The Hall–Kier alpha value is -0.780. The van der Waals surface area contributed by atoms with Crippen LogP contribution in [-0.4, -0.2) is 45.5 Å². The van der Waals surface area contributed by atoms with Gasteiger partial charge < -0.3 is 10.2 Å². The van der Waals surface area contributed by atoms with Gasteiger partial charge in [0.25, 0.3) is 0 Å². The molecule has 0 bridgehead atoms. The van der Waals surface area contributed by atoms with Crippen LogP contribution in [0.25, 0.3) is 0 Å². The molecule has 0 aromatic heterocycles. The second-order valence-electron chi connectivity index (χ2n) is 9.50.